The van der Waals surface area contributed by atoms with Crippen LogP contribution in [-0.2, 0) is 16.1 Å². The molecule has 1 rings (SSSR count). The van der Waals surface area contributed by atoms with Gasteiger partial charge in [0.15, 0.2) is 0 Å². The lowest BCUT2D eigenvalue weighted by Gasteiger charge is -2.06. The summed E-state index contributed by atoms with van der Waals surface area (Å²) in [5, 5.41) is 0. The second kappa shape index (κ2) is 6.19. The Morgan fingerprint density at radius 2 is 2.00 bits per heavy atom. The van der Waals surface area contributed by atoms with E-state index in [1.807, 2.05) is 31.2 Å². The van der Waals surface area contributed by atoms with Crippen molar-refractivity contribution in [3.63, 3.8) is 0 Å². The first-order chi connectivity index (χ1) is 7.26. The fourth-order valence-electron chi connectivity index (χ4n) is 1.12. The first kappa shape index (κ1) is 11.7. The Morgan fingerprint density at radius 1 is 1.33 bits per heavy atom. The summed E-state index contributed by atoms with van der Waals surface area (Å²) in [6, 6.07) is 7.68. The zero-order chi connectivity index (χ0) is 11.1. The number of hydrogen-bond donors (Lipinski definition) is 0. The minimum Gasteiger partial charge on any atom is -0.497 e. The van der Waals surface area contributed by atoms with Crippen LogP contribution in [0.25, 0.3) is 0 Å². The molecule has 3 heteroatoms. The van der Waals surface area contributed by atoms with Crippen LogP contribution >= 0.6 is 0 Å². The lowest BCUT2D eigenvalue weighted by Crippen LogP contribution is -2.06. The number of methoxy groups -OCH3 is 1. The maximum Gasteiger partial charge on any atom is 0.125 e. The molecule has 1 aromatic rings. The van der Waals surface area contributed by atoms with E-state index < -0.39 is 0 Å². The summed E-state index contributed by atoms with van der Waals surface area (Å²) in [6.45, 7) is 2.83. The highest BCUT2D eigenvalue weighted by Crippen LogP contribution is 2.12. The summed E-state index contributed by atoms with van der Waals surface area (Å²) >= 11 is 0. The van der Waals surface area contributed by atoms with E-state index in [0.717, 1.165) is 17.6 Å². The largest absolute Gasteiger partial charge is 0.497 e. The summed E-state index contributed by atoms with van der Waals surface area (Å²) < 4.78 is 10.4. The van der Waals surface area contributed by atoms with Crippen molar-refractivity contribution in [2.24, 2.45) is 5.92 Å². The average molecular weight is 208 g/mol. The number of carbonyl (C=O) groups excluding carboxylic acids is 1. The first-order valence-corrected chi connectivity index (χ1v) is 4.92. The van der Waals surface area contributed by atoms with Gasteiger partial charge in [0, 0.05) is 5.92 Å². The highest BCUT2D eigenvalue weighted by molar-refractivity contribution is 5.52. The van der Waals surface area contributed by atoms with Crippen molar-refractivity contribution < 1.29 is 14.3 Å². The fourth-order valence-corrected chi connectivity index (χ4v) is 1.12. The summed E-state index contributed by atoms with van der Waals surface area (Å²) in [7, 11) is 1.64. The van der Waals surface area contributed by atoms with Crippen LogP contribution in [0.1, 0.15) is 12.5 Å². The second-order valence-corrected chi connectivity index (χ2v) is 3.48. The smallest absolute Gasteiger partial charge is 0.125 e. The molecule has 1 unspecified atom stereocenters. The van der Waals surface area contributed by atoms with E-state index in [1.54, 1.807) is 7.11 Å². The molecule has 0 radical (unpaired) electrons. The molecule has 82 valence electrons. The third-order valence-corrected chi connectivity index (χ3v) is 2.04. The number of hydrogen-bond acceptors (Lipinski definition) is 3. The van der Waals surface area contributed by atoms with E-state index in [-0.39, 0.29) is 5.92 Å². The Hall–Kier alpha value is -1.35. The van der Waals surface area contributed by atoms with Crippen molar-refractivity contribution in [2.45, 2.75) is 13.5 Å². The van der Waals surface area contributed by atoms with Crippen LogP contribution in [-0.4, -0.2) is 20.0 Å². The number of benzene rings is 1. The van der Waals surface area contributed by atoms with Crippen LogP contribution in [0.4, 0.5) is 0 Å². The van der Waals surface area contributed by atoms with Gasteiger partial charge >= 0.3 is 0 Å². The first-order valence-electron chi connectivity index (χ1n) is 4.92. The Morgan fingerprint density at radius 3 is 2.53 bits per heavy atom. The van der Waals surface area contributed by atoms with Gasteiger partial charge < -0.3 is 14.3 Å². The number of aldehydes is 1. The van der Waals surface area contributed by atoms with Crippen molar-refractivity contribution in [1.29, 1.82) is 0 Å². The molecule has 0 aliphatic heterocycles. The molecule has 0 spiro atoms. The van der Waals surface area contributed by atoms with E-state index in [0.29, 0.717) is 13.2 Å². The van der Waals surface area contributed by atoms with Crippen molar-refractivity contribution in [3.8, 4) is 5.75 Å². The summed E-state index contributed by atoms with van der Waals surface area (Å²) in [4.78, 5) is 10.3. The molecule has 15 heavy (non-hydrogen) atoms. The molecule has 0 aromatic heterocycles. The second-order valence-electron chi connectivity index (χ2n) is 3.48. The molecular weight excluding hydrogens is 192 g/mol. The maximum atomic E-state index is 10.3. The zero-order valence-corrected chi connectivity index (χ0v) is 9.10. The number of ether oxygens (including phenoxy) is 2. The van der Waals surface area contributed by atoms with Gasteiger partial charge in [0.2, 0.25) is 0 Å². The minimum atomic E-state index is -0.0387. The van der Waals surface area contributed by atoms with Gasteiger partial charge in [0.1, 0.15) is 12.0 Å². The van der Waals surface area contributed by atoms with Crippen molar-refractivity contribution in [2.75, 3.05) is 13.7 Å². The van der Waals surface area contributed by atoms with Crippen LogP contribution in [0.3, 0.4) is 0 Å². The van der Waals surface area contributed by atoms with Crippen LogP contribution in [0.15, 0.2) is 24.3 Å². The van der Waals surface area contributed by atoms with Crippen molar-refractivity contribution in [1.82, 2.24) is 0 Å². The molecule has 0 bridgehead atoms. The molecule has 3 nitrogen and oxygen atoms in total. The molecule has 0 saturated carbocycles. The maximum absolute atomic E-state index is 10.3. The van der Waals surface area contributed by atoms with Crippen molar-refractivity contribution in [3.05, 3.63) is 29.8 Å². The predicted octanol–water partition coefficient (Wildman–Crippen LogP) is 2.05. The van der Waals surface area contributed by atoms with E-state index in [9.17, 15) is 4.79 Å². The van der Waals surface area contributed by atoms with E-state index in [2.05, 4.69) is 0 Å². The Bertz CT molecular complexity index is 292. The zero-order valence-electron chi connectivity index (χ0n) is 9.10. The van der Waals surface area contributed by atoms with Gasteiger partial charge in [-0.15, -0.1) is 0 Å². The predicted molar refractivity (Wildman–Crippen MR) is 57.9 cm³/mol. The standard InChI is InChI=1S/C12H16O3/c1-10(7-13)8-15-9-11-3-5-12(14-2)6-4-11/h3-7,10H,8-9H2,1-2H3. The Balaban J connectivity index is 2.34. The van der Waals surface area contributed by atoms with Gasteiger partial charge in [-0.3, -0.25) is 0 Å². The molecule has 0 amide bonds. The van der Waals surface area contributed by atoms with Gasteiger partial charge in [-0.05, 0) is 17.7 Å². The van der Waals surface area contributed by atoms with Crippen LogP contribution in [0, 0.1) is 5.92 Å². The summed E-state index contributed by atoms with van der Waals surface area (Å²) in [6.07, 6.45) is 0.897. The highest BCUT2D eigenvalue weighted by Gasteiger charge is 2.00. The molecule has 0 fully saturated rings. The van der Waals surface area contributed by atoms with Gasteiger partial charge in [-0.1, -0.05) is 19.1 Å². The lowest BCUT2D eigenvalue weighted by molar-refractivity contribution is -0.112. The summed E-state index contributed by atoms with van der Waals surface area (Å²) in [5.41, 5.74) is 1.08. The summed E-state index contributed by atoms with van der Waals surface area (Å²) in [5.74, 6) is 0.795. The normalized spacial score (nSPS) is 12.1. The molecule has 0 saturated heterocycles. The number of rotatable bonds is 6. The van der Waals surface area contributed by atoms with Crippen LogP contribution < -0.4 is 4.74 Å². The molecule has 1 aromatic carbocycles. The topological polar surface area (TPSA) is 35.5 Å². The van der Waals surface area contributed by atoms with Crippen molar-refractivity contribution >= 4 is 6.29 Å². The van der Waals surface area contributed by atoms with Gasteiger partial charge in [0.25, 0.3) is 0 Å². The minimum absolute atomic E-state index is 0.0387. The quantitative estimate of drug-likeness (QED) is 0.671. The van der Waals surface area contributed by atoms with Gasteiger partial charge in [-0.25, -0.2) is 0 Å². The Labute approximate surface area is 90.0 Å². The molecular formula is C12H16O3. The van der Waals surface area contributed by atoms with E-state index in [1.165, 1.54) is 0 Å². The van der Waals surface area contributed by atoms with E-state index >= 15 is 0 Å². The lowest BCUT2D eigenvalue weighted by atomic mass is 10.2. The molecule has 0 aliphatic rings. The van der Waals surface area contributed by atoms with Crippen LogP contribution in [0.2, 0.25) is 0 Å². The molecule has 0 heterocycles. The molecule has 1 atom stereocenters. The highest BCUT2D eigenvalue weighted by atomic mass is 16.5. The fraction of sp³-hybridized carbons (Fsp3) is 0.417. The van der Waals surface area contributed by atoms with E-state index in [4.69, 9.17) is 9.47 Å². The average Bonchev–Trinajstić information content (AvgIpc) is 2.29. The van der Waals surface area contributed by atoms with Gasteiger partial charge in [0.05, 0.1) is 20.3 Å². The molecule has 0 aliphatic carbocycles. The third-order valence-electron chi connectivity index (χ3n) is 2.04. The monoisotopic (exact) mass is 208 g/mol. The SMILES string of the molecule is COc1ccc(COCC(C)C=O)cc1. The Kier molecular flexibility index (Phi) is 4.84. The van der Waals surface area contributed by atoms with Crippen LogP contribution in [0.5, 0.6) is 5.75 Å². The number of carbonyl (C=O) groups is 1. The third kappa shape index (κ3) is 4.13. The molecule has 0 N–H and O–H groups in total. The van der Waals surface area contributed by atoms with Gasteiger partial charge in [-0.2, -0.15) is 0 Å².